The van der Waals surface area contributed by atoms with E-state index in [2.05, 4.69) is 5.32 Å². The zero-order valence-electron chi connectivity index (χ0n) is 16.7. The van der Waals surface area contributed by atoms with Crippen LogP contribution in [-0.4, -0.2) is 39.0 Å². The highest BCUT2D eigenvalue weighted by molar-refractivity contribution is 8.13. The van der Waals surface area contributed by atoms with E-state index >= 15 is 0 Å². The number of halogens is 1. The van der Waals surface area contributed by atoms with Crippen molar-refractivity contribution in [2.24, 2.45) is 5.92 Å². The molecular weight excluding hydrogens is 409 g/mol. The summed E-state index contributed by atoms with van der Waals surface area (Å²) in [5.74, 6) is -2.90. The molecule has 0 saturated heterocycles. The van der Waals surface area contributed by atoms with Gasteiger partial charge in [0, 0.05) is 19.1 Å². The van der Waals surface area contributed by atoms with Crippen molar-refractivity contribution in [1.29, 1.82) is 0 Å². The monoisotopic (exact) mass is 433 g/mol. The third kappa shape index (κ3) is 6.88. The standard InChI is InChI=1S/C22H24FNO5S/c1-13(16-5-7-17(23)8-6-16)19(12-30-14(2)25)21(27)24-20(22(28)29)11-15-3-9-18(26)10-4-15/h3-10,13,19-20,26H,11-12H2,1-2H3,(H,24,27)(H,28,29)/t13?,19?,20-/m0/s1. The molecule has 2 rings (SSSR count). The molecule has 0 bridgehead atoms. The second-order valence-corrected chi connectivity index (χ2v) is 8.22. The summed E-state index contributed by atoms with van der Waals surface area (Å²) in [4.78, 5) is 36.1. The van der Waals surface area contributed by atoms with Gasteiger partial charge in [-0.2, -0.15) is 0 Å². The Morgan fingerprint density at radius 3 is 2.20 bits per heavy atom. The molecule has 8 heteroatoms. The van der Waals surface area contributed by atoms with E-state index in [1.54, 1.807) is 31.2 Å². The molecule has 0 fully saturated rings. The summed E-state index contributed by atoms with van der Waals surface area (Å²) in [6.07, 6.45) is 0.0405. The lowest BCUT2D eigenvalue weighted by molar-refractivity contribution is -0.142. The second-order valence-electron chi connectivity index (χ2n) is 7.02. The first-order valence-electron chi connectivity index (χ1n) is 9.37. The summed E-state index contributed by atoms with van der Waals surface area (Å²) in [6.45, 7) is 3.18. The van der Waals surface area contributed by atoms with Crippen LogP contribution < -0.4 is 5.32 Å². The molecule has 30 heavy (non-hydrogen) atoms. The average Bonchev–Trinajstić information content (AvgIpc) is 2.69. The number of carbonyl (C=O) groups is 3. The smallest absolute Gasteiger partial charge is 0.326 e. The van der Waals surface area contributed by atoms with Gasteiger partial charge in [0.15, 0.2) is 5.12 Å². The third-order valence-electron chi connectivity index (χ3n) is 4.79. The third-order valence-corrected chi connectivity index (χ3v) is 5.73. The number of phenols is 1. The van der Waals surface area contributed by atoms with Crippen LogP contribution in [0.2, 0.25) is 0 Å². The highest BCUT2D eigenvalue weighted by atomic mass is 32.2. The molecule has 3 atom stereocenters. The molecule has 0 aliphatic heterocycles. The van der Waals surface area contributed by atoms with Crippen molar-refractivity contribution in [2.75, 3.05) is 5.75 Å². The normalized spacial score (nSPS) is 13.8. The fraction of sp³-hybridized carbons (Fsp3) is 0.318. The van der Waals surface area contributed by atoms with Gasteiger partial charge < -0.3 is 15.5 Å². The maximum Gasteiger partial charge on any atom is 0.326 e. The van der Waals surface area contributed by atoms with Crippen LogP contribution in [0.1, 0.15) is 30.9 Å². The summed E-state index contributed by atoms with van der Waals surface area (Å²) >= 11 is 0.986. The van der Waals surface area contributed by atoms with Gasteiger partial charge in [0.2, 0.25) is 5.91 Å². The first-order chi connectivity index (χ1) is 14.2. The zero-order valence-corrected chi connectivity index (χ0v) is 17.5. The molecule has 0 aliphatic carbocycles. The maximum absolute atomic E-state index is 13.2. The Bertz CT molecular complexity index is 885. The highest BCUT2D eigenvalue weighted by Gasteiger charge is 2.30. The summed E-state index contributed by atoms with van der Waals surface area (Å²) in [6, 6.07) is 10.6. The van der Waals surface area contributed by atoms with Gasteiger partial charge in [-0.05, 0) is 41.3 Å². The lowest BCUT2D eigenvalue weighted by Gasteiger charge is -2.25. The Balaban J connectivity index is 2.19. The predicted octanol–water partition coefficient (Wildman–Crippen LogP) is 3.34. The Hall–Kier alpha value is -2.87. The summed E-state index contributed by atoms with van der Waals surface area (Å²) < 4.78 is 13.2. The number of hydrogen-bond acceptors (Lipinski definition) is 5. The van der Waals surface area contributed by atoms with Crippen LogP contribution in [0.4, 0.5) is 4.39 Å². The number of hydrogen-bond donors (Lipinski definition) is 3. The molecule has 0 aromatic heterocycles. The minimum Gasteiger partial charge on any atom is -0.508 e. The van der Waals surface area contributed by atoms with E-state index in [1.165, 1.54) is 31.2 Å². The Morgan fingerprint density at radius 1 is 1.07 bits per heavy atom. The molecule has 3 N–H and O–H groups in total. The molecule has 6 nitrogen and oxygen atoms in total. The minimum atomic E-state index is -1.19. The van der Waals surface area contributed by atoms with Crippen LogP contribution >= 0.6 is 11.8 Å². The lowest BCUT2D eigenvalue weighted by Crippen LogP contribution is -2.46. The second kappa shape index (κ2) is 10.8. The SMILES string of the molecule is CC(=O)SCC(C(=O)N[C@@H](Cc1ccc(O)cc1)C(=O)O)C(C)c1ccc(F)cc1. The van der Waals surface area contributed by atoms with Gasteiger partial charge in [-0.25, -0.2) is 9.18 Å². The van der Waals surface area contributed by atoms with Gasteiger partial charge in [0.1, 0.15) is 17.6 Å². The molecule has 0 heterocycles. The number of nitrogens with one attached hydrogen (secondary N) is 1. The molecule has 2 unspecified atom stereocenters. The first-order valence-corrected chi connectivity index (χ1v) is 10.4. The fourth-order valence-corrected chi connectivity index (χ4v) is 3.85. The molecule has 0 saturated carbocycles. The van der Waals surface area contributed by atoms with Crippen molar-refractivity contribution in [1.82, 2.24) is 5.32 Å². The topological polar surface area (TPSA) is 104 Å². The van der Waals surface area contributed by atoms with Crippen LogP contribution in [0.15, 0.2) is 48.5 Å². The molecular formula is C22H24FNO5S. The van der Waals surface area contributed by atoms with E-state index < -0.39 is 29.7 Å². The van der Waals surface area contributed by atoms with Crippen LogP contribution in [0.3, 0.4) is 0 Å². The van der Waals surface area contributed by atoms with E-state index in [4.69, 9.17) is 0 Å². The number of phenolic OH excluding ortho intramolecular Hbond substituents is 1. The van der Waals surface area contributed by atoms with Gasteiger partial charge in [0.05, 0.1) is 5.92 Å². The quantitative estimate of drug-likeness (QED) is 0.560. The number of aliphatic carboxylic acids is 1. The molecule has 160 valence electrons. The molecule has 2 aromatic carbocycles. The summed E-state index contributed by atoms with van der Waals surface area (Å²) in [5.41, 5.74) is 1.35. The van der Waals surface area contributed by atoms with Gasteiger partial charge in [-0.3, -0.25) is 9.59 Å². The number of aromatic hydroxyl groups is 1. The van der Waals surface area contributed by atoms with Crippen LogP contribution in [0, 0.1) is 11.7 Å². The minimum absolute atomic E-state index is 0.0405. The van der Waals surface area contributed by atoms with Crippen molar-refractivity contribution in [3.63, 3.8) is 0 Å². The van der Waals surface area contributed by atoms with Crippen LogP contribution in [0.5, 0.6) is 5.75 Å². The van der Waals surface area contributed by atoms with Gasteiger partial charge >= 0.3 is 5.97 Å². The van der Waals surface area contributed by atoms with Crippen molar-refractivity contribution in [2.45, 2.75) is 32.2 Å². The van der Waals surface area contributed by atoms with Gasteiger partial charge in [-0.15, -0.1) is 0 Å². The van der Waals surface area contributed by atoms with E-state index in [0.29, 0.717) is 11.1 Å². The summed E-state index contributed by atoms with van der Waals surface area (Å²) in [7, 11) is 0. The number of amides is 1. The lowest BCUT2D eigenvalue weighted by atomic mass is 9.87. The number of carboxylic acids is 1. The number of carbonyl (C=O) groups excluding carboxylic acids is 2. The Morgan fingerprint density at radius 2 is 1.67 bits per heavy atom. The zero-order chi connectivity index (χ0) is 22.3. The van der Waals surface area contributed by atoms with E-state index in [1.807, 2.05) is 0 Å². The van der Waals surface area contributed by atoms with E-state index in [9.17, 15) is 29.0 Å². The predicted molar refractivity (Wildman–Crippen MR) is 113 cm³/mol. The number of thioether (sulfide) groups is 1. The molecule has 2 aromatic rings. The van der Waals surface area contributed by atoms with E-state index in [0.717, 1.165) is 11.8 Å². The van der Waals surface area contributed by atoms with Crippen molar-refractivity contribution in [3.8, 4) is 5.75 Å². The number of carboxylic acid groups (broad SMARTS) is 1. The number of benzene rings is 2. The van der Waals surface area contributed by atoms with Gasteiger partial charge in [0.25, 0.3) is 0 Å². The molecule has 1 amide bonds. The van der Waals surface area contributed by atoms with Crippen molar-refractivity contribution < 1.29 is 29.0 Å². The van der Waals surface area contributed by atoms with Crippen LogP contribution in [0.25, 0.3) is 0 Å². The Labute approximate surface area is 178 Å². The van der Waals surface area contributed by atoms with Crippen LogP contribution in [-0.2, 0) is 20.8 Å². The largest absolute Gasteiger partial charge is 0.508 e. The number of rotatable bonds is 9. The molecule has 0 spiro atoms. The average molecular weight is 434 g/mol. The first kappa shape index (κ1) is 23.4. The van der Waals surface area contributed by atoms with E-state index in [-0.39, 0.29) is 29.0 Å². The molecule has 0 aliphatic rings. The van der Waals surface area contributed by atoms with Crippen molar-refractivity contribution in [3.05, 3.63) is 65.5 Å². The fourth-order valence-electron chi connectivity index (χ4n) is 3.00. The highest BCUT2D eigenvalue weighted by Crippen LogP contribution is 2.28. The molecule has 0 radical (unpaired) electrons. The van der Waals surface area contributed by atoms with Gasteiger partial charge in [-0.1, -0.05) is 43.0 Å². The maximum atomic E-state index is 13.2. The Kier molecular flexibility index (Phi) is 8.41. The van der Waals surface area contributed by atoms with Crippen molar-refractivity contribution >= 4 is 28.8 Å². The summed E-state index contributed by atoms with van der Waals surface area (Å²) in [5, 5.41) is 21.3.